The van der Waals surface area contributed by atoms with Crippen LogP contribution in [0.3, 0.4) is 0 Å². The second-order valence-electron chi connectivity index (χ2n) is 11.0. The van der Waals surface area contributed by atoms with Crippen molar-refractivity contribution in [3.8, 4) is 0 Å². The van der Waals surface area contributed by atoms with E-state index in [0.29, 0.717) is 18.4 Å². The summed E-state index contributed by atoms with van der Waals surface area (Å²) in [6, 6.07) is 8.57. The Morgan fingerprint density at radius 3 is 2.00 bits per heavy atom. The highest BCUT2D eigenvalue weighted by Crippen LogP contribution is 2.44. The van der Waals surface area contributed by atoms with Crippen LogP contribution in [0, 0.1) is 23.1 Å². The monoisotopic (exact) mass is 651 g/mol. The minimum absolute atomic E-state index is 0.200. The van der Waals surface area contributed by atoms with Crippen LogP contribution in [0.15, 0.2) is 42.7 Å². The number of aliphatic carboxylic acids is 2. The number of alkyl halides is 6. The summed E-state index contributed by atoms with van der Waals surface area (Å²) in [7, 11) is 0. The third-order valence-electron chi connectivity index (χ3n) is 7.61. The molecule has 1 aromatic heterocycles. The quantitative estimate of drug-likeness (QED) is 0.394. The van der Waals surface area contributed by atoms with Crippen molar-refractivity contribution in [2.75, 3.05) is 37.6 Å². The average molecular weight is 652 g/mol. The molecule has 1 aromatic carbocycles. The van der Waals surface area contributed by atoms with E-state index in [1.165, 1.54) is 25.0 Å². The average Bonchev–Trinajstić information content (AvgIpc) is 3.76. The fourth-order valence-corrected chi connectivity index (χ4v) is 5.22. The topological polar surface area (TPSA) is 136 Å². The SMILES string of the molecule is O=C(NCC1CC1)[C@]12CCCN(Cc3ccc(F)cc3)C[C@H]1CN(c1ncccn1)C2.O=C(O)C(F)(F)F.O=C(O)C(F)(F)F. The molecule has 2 aliphatic heterocycles. The maximum atomic E-state index is 13.5. The molecule has 5 rings (SSSR count). The number of likely N-dealkylation sites (tertiary alicyclic amines) is 1. The van der Waals surface area contributed by atoms with Crippen LogP contribution in [0.2, 0.25) is 0 Å². The Kier molecular flexibility index (Phi) is 11.7. The molecule has 0 radical (unpaired) electrons. The minimum Gasteiger partial charge on any atom is -0.475 e. The van der Waals surface area contributed by atoms with E-state index in [2.05, 4.69) is 25.1 Å². The molecule has 0 spiro atoms. The second-order valence-corrected chi connectivity index (χ2v) is 11.0. The maximum Gasteiger partial charge on any atom is 0.490 e. The molecule has 2 aromatic rings. The van der Waals surface area contributed by atoms with Crippen LogP contribution in [0.25, 0.3) is 0 Å². The predicted octanol–water partition coefficient (Wildman–Crippen LogP) is 4.13. The lowest BCUT2D eigenvalue weighted by Crippen LogP contribution is -2.48. The molecule has 2 atom stereocenters. The predicted molar refractivity (Wildman–Crippen MR) is 144 cm³/mol. The van der Waals surface area contributed by atoms with Gasteiger partial charge in [-0.3, -0.25) is 9.69 Å². The number of anilines is 1. The Morgan fingerprint density at radius 2 is 1.49 bits per heavy atom. The summed E-state index contributed by atoms with van der Waals surface area (Å²) in [4.78, 5) is 44.8. The number of carbonyl (C=O) groups is 3. The first-order chi connectivity index (χ1) is 21.0. The van der Waals surface area contributed by atoms with Crippen LogP contribution in [0.1, 0.15) is 31.2 Å². The van der Waals surface area contributed by atoms with Gasteiger partial charge in [-0.1, -0.05) is 12.1 Å². The zero-order valence-electron chi connectivity index (χ0n) is 23.8. The lowest BCUT2D eigenvalue weighted by Gasteiger charge is -2.32. The number of carboxylic acids is 2. The Bertz CT molecular complexity index is 1270. The van der Waals surface area contributed by atoms with Gasteiger partial charge in [-0.2, -0.15) is 26.3 Å². The van der Waals surface area contributed by atoms with Gasteiger partial charge in [0.1, 0.15) is 5.82 Å². The summed E-state index contributed by atoms with van der Waals surface area (Å²) >= 11 is 0. The number of carboxylic acid groups (broad SMARTS) is 2. The third kappa shape index (κ3) is 10.5. The van der Waals surface area contributed by atoms with Crippen LogP contribution >= 0.6 is 0 Å². The molecule has 0 unspecified atom stereocenters. The summed E-state index contributed by atoms with van der Waals surface area (Å²) in [6.07, 6.45) is -2.35. The molecule has 2 saturated heterocycles. The highest BCUT2D eigenvalue weighted by atomic mass is 19.4. The molecule has 3 aliphatic rings. The highest BCUT2D eigenvalue weighted by molar-refractivity contribution is 5.84. The molecule has 0 bridgehead atoms. The summed E-state index contributed by atoms with van der Waals surface area (Å²) in [5, 5.41) is 17.5. The van der Waals surface area contributed by atoms with Crippen molar-refractivity contribution in [2.45, 2.75) is 44.6 Å². The number of carbonyl (C=O) groups excluding carboxylic acids is 1. The van der Waals surface area contributed by atoms with Gasteiger partial charge >= 0.3 is 24.3 Å². The van der Waals surface area contributed by atoms with Crippen molar-refractivity contribution in [3.05, 3.63) is 54.1 Å². The number of hydrogen-bond donors (Lipinski definition) is 3. The normalized spacial score (nSPS) is 21.7. The smallest absolute Gasteiger partial charge is 0.475 e. The Balaban J connectivity index is 0.000000331. The van der Waals surface area contributed by atoms with E-state index in [4.69, 9.17) is 19.8 Å². The molecule has 3 fully saturated rings. The third-order valence-corrected chi connectivity index (χ3v) is 7.61. The van der Waals surface area contributed by atoms with Gasteiger partial charge < -0.3 is 20.4 Å². The Labute approximate surface area is 253 Å². The van der Waals surface area contributed by atoms with Crippen LogP contribution in [-0.4, -0.2) is 88.0 Å². The Hall–Kier alpha value is -4.02. The van der Waals surface area contributed by atoms with Crippen molar-refractivity contribution in [1.82, 2.24) is 20.2 Å². The van der Waals surface area contributed by atoms with E-state index in [1.54, 1.807) is 12.4 Å². The van der Waals surface area contributed by atoms with Crippen molar-refractivity contribution >= 4 is 23.8 Å². The second kappa shape index (κ2) is 14.8. The standard InChI is InChI=1S/C24H30FN5O.2C2HF3O2/c25-21-7-5-19(6-8-21)14-29-12-1-9-24(22(31)28-13-18-3-4-18)17-30(16-20(24)15-29)23-26-10-2-11-27-23;2*3-2(4,5)1(6)7/h2,5-8,10-11,18,20H,1,3-4,9,12-17H2,(H,28,31);2*(H,6,7)/t20-,24-;;/m0../s1. The van der Waals surface area contributed by atoms with Gasteiger partial charge in [0.25, 0.3) is 0 Å². The summed E-state index contributed by atoms with van der Waals surface area (Å²) < 4.78 is 76.8. The number of aromatic nitrogens is 2. The number of nitrogens with one attached hydrogen (secondary N) is 1. The molecule has 3 heterocycles. The van der Waals surface area contributed by atoms with E-state index >= 15 is 0 Å². The highest BCUT2D eigenvalue weighted by Gasteiger charge is 2.53. The first-order valence-electron chi connectivity index (χ1n) is 13.9. The van der Waals surface area contributed by atoms with E-state index in [-0.39, 0.29) is 17.6 Å². The zero-order valence-corrected chi connectivity index (χ0v) is 23.8. The van der Waals surface area contributed by atoms with E-state index < -0.39 is 29.7 Å². The molecule has 1 aliphatic carbocycles. The minimum atomic E-state index is -5.08. The summed E-state index contributed by atoms with van der Waals surface area (Å²) in [5.74, 6) is -3.95. The van der Waals surface area contributed by atoms with Crippen molar-refractivity contribution in [1.29, 1.82) is 0 Å². The van der Waals surface area contributed by atoms with Crippen molar-refractivity contribution in [3.63, 3.8) is 0 Å². The van der Waals surface area contributed by atoms with Crippen LogP contribution < -0.4 is 10.2 Å². The first-order valence-corrected chi connectivity index (χ1v) is 13.9. The molecule has 17 heteroatoms. The number of fused-ring (bicyclic) bond motifs is 1. The molecule has 1 amide bonds. The fraction of sp³-hybridized carbons (Fsp3) is 0.536. The van der Waals surface area contributed by atoms with Gasteiger partial charge in [0.15, 0.2) is 0 Å². The Morgan fingerprint density at radius 1 is 0.933 bits per heavy atom. The zero-order chi connectivity index (χ0) is 33.4. The lowest BCUT2D eigenvalue weighted by atomic mass is 9.74. The molecule has 45 heavy (non-hydrogen) atoms. The molecule has 3 N–H and O–H groups in total. The van der Waals surface area contributed by atoms with Gasteiger partial charge in [-0.15, -0.1) is 0 Å². The first kappa shape index (κ1) is 35.5. The van der Waals surface area contributed by atoms with Gasteiger partial charge in [0, 0.05) is 51.0 Å². The van der Waals surface area contributed by atoms with Crippen molar-refractivity contribution < 1.29 is 55.3 Å². The largest absolute Gasteiger partial charge is 0.490 e. The fourth-order valence-electron chi connectivity index (χ4n) is 5.22. The number of amides is 1. The van der Waals surface area contributed by atoms with Crippen LogP contribution in [0.5, 0.6) is 0 Å². The number of nitrogens with zero attached hydrogens (tertiary/aromatic N) is 4. The van der Waals surface area contributed by atoms with Gasteiger partial charge in [0.05, 0.1) is 5.41 Å². The van der Waals surface area contributed by atoms with E-state index in [0.717, 1.165) is 51.1 Å². The van der Waals surface area contributed by atoms with Crippen molar-refractivity contribution in [2.24, 2.45) is 17.3 Å². The van der Waals surface area contributed by atoms with Crippen LogP contribution in [-0.2, 0) is 20.9 Å². The van der Waals surface area contributed by atoms with Crippen LogP contribution in [0.4, 0.5) is 36.7 Å². The maximum absolute atomic E-state index is 13.5. The number of hydrogen-bond acceptors (Lipinski definition) is 7. The molecule has 10 nitrogen and oxygen atoms in total. The number of halogens is 7. The van der Waals surface area contributed by atoms with E-state index in [1.807, 2.05) is 18.2 Å². The summed E-state index contributed by atoms with van der Waals surface area (Å²) in [5.41, 5.74) is 0.694. The van der Waals surface area contributed by atoms with Gasteiger partial charge in [0.2, 0.25) is 11.9 Å². The summed E-state index contributed by atoms with van der Waals surface area (Å²) in [6.45, 7) is 4.82. The number of benzene rings is 1. The lowest BCUT2D eigenvalue weighted by molar-refractivity contribution is -0.193. The molecular formula is C28H32F7N5O5. The van der Waals surface area contributed by atoms with E-state index in [9.17, 15) is 35.5 Å². The molecular weight excluding hydrogens is 619 g/mol. The number of rotatable bonds is 6. The van der Waals surface area contributed by atoms with Gasteiger partial charge in [-0.25, -0.2) is 23.9 Å². The van der Waals surface area contributed by atoms with Gasteiger partial charge in [-0.05, 0) is 61.9 Å². The molecule has 1 saturated carbocycles. The molecule has 248 valence electrons.